The Morgan fingerprint density at radius 3 is 2.56 bits per heavy atom. The Morgan fingerprint density at radius 2 is 1.68 bits per heavy atom. The van der Waals surface area contributed by atoms with Crippen LogP contribution in [0.15, 0.2) is 24.3 Å². The molecule has 0 fully saturated rings. The van der Waals surface area contributed by atoms with Crippen molar-refractivity contribution in [2.45, 2.75) is 26.2 Å². The standard InChI is InChI=1S/C20H20O5/c1-10-5-13-14(21)7-17-20(25-9-24-17)19(13)18(11(10)2)12-3-4-15-16(6-12)23-8-22-15/h3-4,6-7,10-11,18,21H,5,8-9H2,1-2H3. The molecular formula is C20H20O5. The van der Waals surface area contributed by atoms with Crippen molar-refractivity contribution in [3.05, 3.63) is 41.0 Å². The van der Waals surface area contributed by atoms with Crippen LogP contribution in [0.4, 0.5) is 0 Å². The summed E-state index contributed by atoms with van der Waals surface area (Å²) < 4.78 is 22.3. The molecule has 2 aliphatic heterocycles. The van der Waals surface area contributed by atoms with Crippen LogP contribution in [0.3, 0.4) is 0 Å². The third kappa shape index (κ3) is 2.08. The molecule has 0 aromatic heterocycles. The summed E-state index contributed by atoms with van der Waals surface area (Å²) in [4.78, 5) is 0. The van der Waals surface area contributed by atoms with Crippen LogP contribution < -0.4 is 18.9 Å². The second-order valence-corrected chi connectivity index (χ2v) is 7.15. The van der Waals surface area contributed by atoms with Crippen molar-refractivity contribution in [3.63, 3.8) is 0 Å². The van der Waals surface area contributed by atoms with E-state index in [9.17, 15) is 5.11 Å². The Bertz CT molecular complexity index is 860. The van der Waals surface area contributed by atoms with Gasteiger partial charge >= 0.3 is 0 Å². The molecule has 0 amide bonds. The van der Waals surface area contributed by atoms with Crippen LogP contribution in [0.5, 0.6) is 28.7 Å². The lowest BCUT2D eigenvalue weighted by Gasteiger charge is -2.37. The highest BCUT2D eigenvalue weighted by molar-refractivity contribution is 5.63. The van der Waals surface area contributed by atoms with E-state index < -0.39 is 0 Å². The highest BCUT2D eigenvalue weighted by atomic mass is 16.7. The number of hydrogen-bond donors (Lipinski definition) is 1. The molecule has 5 rings (SSSR count). The highest BCUT2D eigenvalue weighted by Gasteiger charge is 2.39. The van der Waals surface area contributed by atoms with E-state index in [1.54, 1.807) is 6.07 Å². The van der Waals surface area contributed by atoms with Gasteiger partial charge in [-0.05, 0) is 36.0 Å². The summed E-state index contributed by atoms with van der Waals surface area (Å²) >= 11 is 0. The van der Waals surface area contributed by atoms with Crippen LogP contribution in [0, 0.1) is 11.8 Å². The van der Waals surface area contributed by atoms with Crippen molar-refractivity contribution < 1.29 is 24.1 Å². The molecule has 2 aromatic rings. The molecule has 5 nitrogen and oxygen atoms in total. The van der Waals surface area contributed by atoms with Crippen LogP contribution in [0.2, 0.25) is 0 Å². The second kappa shape index (κ2) is 5.22. The van der Waals surface area contributed by atoms with E-state index >= 15 is 0 Å². The number of rotatable bonds is 1. The number of aromatic hydroxyl groups is 1. The first-order chi connectivity index (χ1) is 12.1. The second-order valence-electron chi connectivity index (χ2n) is 7.15. The fourth-order valence-corrected chi connectivity index (χ4v) is 4.31. The lowest BCUT2D eigenvalue weighted by molar-refractivity contribution is 0.171. The summed E-state index contributed by atoms with van der Waals surface area (Å²) in [5.74, 6) is 4.19. The predicted octanol–water partition coefficient (Wildman–Crippen LogP) is 3.81. The average molecular weight is 340 g/mol. The zero-order chi connectivity index (χ0) is 17.1. The third-order valence-electron chi connectivity index (χ3n) is 5.80. The van der Waals surface area contributed by atoms with Gasteiger partial charge in [-0.1, -0.05) is 19.9 Å². The van der Waals surface area contributed by atoms with Gasteiger partial charge in [0.05, 0.1) is 0 Å². The van der Waals surface area contributed by atoms with Crippen LogP contribution >= 0.6 is 0 Å². The molecular weight excluding hydrogens is 320 g/mol. The fourth-order valence-electron chi connectivity index (χ4n) is 4.31. The van der Waals surface area contributed by atoms with E-state index in [2.05, 4.69) is 26.0 Å². The van der Waals surface area contributed by atoms with Crippen LogP contribution in [0.25, 0.3) is 0 Å². The quantitative estimate of drug-likeness (QED) is 0.855. The lowest BCUT2D eigenvalue weighted by Crippen LogP contribution is -2.27. The normalized spacial score (nSPS) is 25.8. The topological polar surface area (TPSA) is 57.2 Å². The van der Waals surface area contributed by atoms with E-state index in [4.69, 9.17) is 18.9 Å². The van der Waals surface area contributed by atoms with Gasteiger partial charge in [0.1, 0.15) is 5.75 Å². The van der Waals surface area contributed by atoms with E-state index in [1.165, 1.54) is 0 Å². The fraction of sp³-hybridized carbons (Fsp3) is 0.400. The van der Waals surface area contributed by atoms with Gasteiger partial charge in [0.25, 0.3) is 0 Å². The largest absolute Gasteiger partial charge is 0.508 e. The van der Waals surface area contributed by atoms with Gasteiger partial charge in [-0.3, -0.25) is 0 Å². The smallest absolute Gasteiger partial charge is 0.231 e. The molecule has 130 valence electrons. The first-order valence-electron chi connectivity index (χ1n) is 8.67. The van der Waals surface area contributed by atoms with E-state index in [0.29, 0.717) is 23.3 Å². The van der Waals surface area contributed by atoms with Crippen molar-refractivity contribution in [2.75, 3.05) is 13.6 Å². The Labute approximate surface area is 146 Å². The summed E-state index contributed by atoms with van der Waals surface area (Å²) in [6, 6.07) is 7.78. The van der Waals surface area contributed by atoms with E-state index in [1.807, 2.05) is 6.07 Å². The van der Waals surface area contributed by atoms with Gasteiger partial charge in [0, 0.05) is 23.1 Å². The molecule has 0 saturated heterocycles. The maximum Gasteiger partial charge on any atom is 0.231 e. The summed E-state index contributed by atoms with van der Waals surface area (Å²) in [6.45, 7) is 4.95. The number of fused-ring (bicyclic) bond motifs is 4. The minimum Gasteiger partial charge on any atom is -0.508 e. The van der Waals surface area contributed by atoms with Crippen LogP contribution in [-0.2, 0) is 6.42 Å². The number of hydrogen-bond acceptors (Lipinski definition) is 5. The van der Waals surface area contributed by atoms with Gasteiger partial charge in [0.2, 0.25) is 13.6 Å². The number of phenols is 1. The Balaban J connectivity index is 1.72. The third-order valence-corrected chi connectivity index (χ3v) is 5.80. The average Bonchev–Trinajstić information content (AvgIpc) is 3.24. The lowest BCUT2D eigenvalue weighted by atomic mass is 9.67. The van der Waals surface area contributed by atoms with E-state index in [0.717, 1.165) is 40.4 Å². The maximum atomic E-state index is 10.6. The first kappa shape index (κ1) is 14.8. The monoisotopic (exact) mass is 340 g/mol. The molecule has 0 radical (unpaired) electrons. The molecule has 5 heteroatoms. The molecule has 0 spiro atoms. The summed E-state index contributed by atoms with van der Waals surface area (Å²) in [5.41, 5.74) is 3.17. The number of ether oxygens (including phenoxy) is 4. The van der Waals surface area contributed by atoms with Gasteiger partial charge in [-0.2, -0.15) is 0 Å². The van der Waals surface area contributed by atoms with E-state index in [-0.39, 0.29) is 19.5 Å². The number of benzene rings is 2. The van der Waals surface area contributed by atoms with Crippen LogP contribution in [-0.4, -0.2) is 18.7 Å². The minimum atomic E-state index is 0.107. The zero-order valence-corrected chi connectivity index (χ0v) is 14.2. The van der Waals surface area contributed by atoms with Gasteiger partial charge in [0.15, 0.2) is 23.0 Å². The maximum absolute atomic E-state index is 10.6. The van der Waals surface area contributed by atoms with Crippen molar-refractivity contribution in [3.8, 4) is 28.7 Å². The first-order valence-corrected chi connectivity index (χ1v) is 8.67. The molecule has 3 aliphatic rings. The van der Waals surface area contributed by atoms with Crippen molar-refractivity contribution in [1.82, 2.24) is 0 Å². The Kier molecular flexibility index (Phi) is 3.08. The number of phenolic OH excluding ortho intramolecular Hbond substituents is 1. The molecule has 1 N–H and O–H groups in total. The summed E-state index contributed by atoms with van der Waals surface area (Å²) in [7, 11) is 0. The van der Waals surface area contributed by atoms with Crippen molar-refractivity contribution in [1.29, 1.82) is 0 Å². The summed E-state index contributed by atoms with van der Waals surface area (Å²) in [5, 5.41) is 10.6. The van der Waals surface area contributed by atoms with Gasteiger partial charge < -0.3 is 24.1 Å². The highest BCUT2D eigenvalue weighted by Crippen LogP contribution is 2.54. The minimum absolute atomic E-state index is 0.107. The SMILES string of the molecule is CC1Cc2c(O)cc3c(c2C(c2ccc4c(c2)OCO4)C1C)OCO3. The van der Waals surface area contributed by atoms with Gasteiger partial charge in [-0.25, -0.2) is 0 Å². The van der Waals surface area contributed by atoms with Crippen molar-refractivity contribution in [2.24, 2.45) is 11.8 Å². The summed E-state index contributed by atoms with van der Waals surface area (Å²) in [6.07, 6.45) is 0.833. The predicted molar refractivity (Wildman–Crippen MR) is 90.7 cm³/mol. The molecule has 2 aromatic carbocycles. The van der Waals surface area contributed by atoms with Crippen LogP contribution in [0.1, 0.15) is 36.5 Å². The molecule has 25 heavy (non-hydrogen) atoms. The molecule has 2 heterocycles. The van der Waals surface area contributed by atoms with Gasteiger partial charge in [-0.15, -0.1) is 0 Å². The molecule has 0 saturated carbocycles. The molecule has 3 atom stereocenters. The Hall–Kier alpha value is -2.56. The molecule has 1 aliphatic carbocycles. The molecule has 3 unspecified atom stereocenters. The van der Waals surface area contributed by atoms with Crippen molar-refractivity contribution >= 4 is 0 Å². The molecule has 0 bridgehead atoms. The Morgan fingerprint density at radius 1 is 0.920 bits per heavy atom. The zero-order valence-electron chi connectivity index (χ0n) is 14.2.